The average Bonchev–Trinajstić information content (AvgIpc) is 2.99. The first kappa shape index (κ1) is 32.9. The number of aromatic hydroxyl groups is 2. The van der Waals surface area contributed by atoms with Crippen LogP contribution in [-0.4, -0.2) is 92.4 Å². The van der Waals surface area contributed by atoms with Gasteiger partial charge in [0.2, 0.25) is 11.7 Å². The summed E-state index contributed by atoms with van der Waals surface area (Å²) in [5, 5.41) is 45.3. The number of nitrogens with two attached hydrogens (primary N) is 2. The van der Waals surface area contributed by atoms with Crippen LogP contribution >= 0.6 is 11.8 Å². The number of hydrogen-bond acceptors (Lipinski definition) is 13. The topological polar surface area (TPSA) is 229 Å². The SMILES string of the molecule is COc1cccc2c1C(=O)c1c(O)c3c(c(O)c1C2=O)C[C@@](O)(C(=O)CSC[C@H](C)C(N)=O)C[C@@H]3OC1CC(N)C(O)C(C)O1. The van der Waals surface area contributed by atoms with Gasteiger partial charge in [-0.2, -0.15) is 11.8 Å². The van der Waals surface area contributed by atoms with Gasteiger partial charge in [0.15, 0.2) is 17.9 Å². The first-order valence-corrected chi connectivity index (χ1v) is 15.6. The maximum absolute atomic E-state index is 13.8. The zero-order chi connectivity index (χ0) is 33.0. The fourth-order valence-electron chi connectivity index (χ4n) is 6.15. The molecule has 0 spiro atoms. The van der Waals surface area contributed by atoms with Gasteiger partial charge in [0.1, 0.15) is 22.8 Å². The van der Waals surface area contributed by atoms with E-state index in [1.807, 2.05) is 0 Å². The Morgan fingerprint density at radius 1 is 1.16 bits per heavy atom. The first-order chi connectivity index (χ1) is 21.2. The summed E-state index contributed by atoms with van der Waals surface area (Å²) in [6.45, 7) is 3.20. The minimum absolute atomic E-state index is 0.0181. The van der Waals surface area contributed by atoms with Crippen LogP contribution in [-0.2, 0) is 25.5 Å². The van der Waals surface area contributed by atoms with Crippen LogP contribution in [0.2, 0.25) is 0 Å². The summed E-state index contributed by atoms with van der Waals surface area (Å²) in [7, 11) is 1.33. The van der Waals surface area contributed by atoms with Gasteiger partial charge in [-0.3, -0.25) is 19.2 Å². The molecule has 1 amide bonds. The molecule has 45 heavy (non-hydrogen) atoms. The highest BCUT2D eigenvalue weighted by atomic mass is 32.2. The fourth-order valence-corrected chi connectivity index (χ4v) is 7.24. The molecule has 242 valence electrons. The van der Waals surface area contributed by atoms with E-state index in [1.54, 1.807) is 13.8 Å². The van der Waals surface area contributed by atoms with E-state index in [1.165, 1.54) is 25.3 Å². The van der Waals surface area contributed by atoms with Crippen molar-refractivity contribution >= 4 is 35.0 Å². The number of thioether (sulfide) groups is 1. The Hall–Kier alpha value is -3.53. The van der Waals surface area contributed by atoms with Gasteiger partial charge in [0, 0.05) is 53.7 Å². The Morgan fingerprint density at radius 2 is 1.84 bits per heavy atom. The standard InChI is InChI=1S/C31H36N2O11S/c1-12(30(33)40)10-45-11-19(34)31(41)8-15-22(18(9-31)44-20-7-16(32)25(35)13(2)43-20)29(39)24-23(27(15)37)26(36)14-5-4-6-17(42-3)21(14)28(24)38/h4-6,12-13,16,18,20,25,35,37,39,41H,7-11,32H2,1-3H3,(H2,33,40)/t12-,13?,16?,18-,20?,25?,31-/m0/s1. The van der Waals surface area contributed by atoms with Crippen LogP contribution in [0.15, 0.2) is 18.2 Å². The monoisotopic (exact) mass is 644 g/mol. The van der Waals surface area contributed by atoms with Crippen LogP contribution in [0.3, 0.4) is 0 Å². The number of methoxy groups -OCH3 is 1. The van der Waals surface area contributed by atoms with Crippen molar-refractivity contribution in [3.8, 4) is 17.2 Å². The number of phenolic OH excluding ortho intramolecular Hbond substituents is 2. The number of carbonyl (C=O) groups is 4. The Labute approximate surface area is 262 Å². The highest BCUT2D eigenvalue weighted by molar-refractivity contribution is 8.00. The minimum Gasteiger partial charge on any atom is -0.507 e. The van der Waals surface area contributed by atoms with Crippen LogP contribution in [0.1, 0.15) is 75.8 Å². The third-order valence-corrected chi connectivity index (χ3v) is 9.95. The molecule has 8 N–H and O–H groups in total. The Morgan fingerprint density at radius 3 is 2.49 bits per heavy atom. The number of ketones is 3. The zero-order valence-electron chi connectivity index (χ0n) is 24.9. The molecule has 4 unspecified atom stereocenters. The van der Waals surface area contributed by atoms with Gasteiger partial charge in [-0.05, 0) is 13.0 Å². The highest BCUT2D eigenvalue weighted by Gasteiger charge is 2.50. The smallest absolute Gasteiger partial charge is 0.221 e. The van der Waals surface area contributed by atoms with E-state index in [9.17, 15) is 39.6 Å². The summed E-state index contributed by atoms with van der Waals surface area (Å²) in [5.74, 6) is -4.46. The van der Waals surface area contributed by atoms with Gasteiger partial charge in [-0.1, -0.05) is 19.1 Å². The largest absolute Gasteiger partial charge is 0.507 e. The van der Waals surface area contributed by atoms with Crippen molar-refractivity contribution in [3.63, 3.8) is 0 Å². The third-order valence-electron chi connectivity index (χ3n) is 8.75. The highest BCUT2D eigenvalue weighted by Crippen LogP contribution is 2.52. The van der Waals surface area contributed by atoms with E-state index < -0.39 is 101 Å². The molecule has 1 saturated heterocycles. The van der Waals surface area contributed by atoms with Gasteiger partial charge < -0.3 is 46.1 Å². The molecular formula is C31H36N2O11S. The molecule has 1 aliphatic heterocycles. The van der Waals surface area contributed by atoms with Crippen LogP contribution in [0.4, 0.5) is 0 Å². The predicted octanol–water partition coefficient (Wildman–Crippen LogP) is 0.864. The molecule has 1 fully saturated rings. The van der Waals surface area contributed by atoms with Crippen LogP contribution in [0.25, 0.3) is 0 Å². The summed E-state index contributed by atoms with van der Waals surface area (Å²) < 4.78 is 17.3. The van der Waals surface area contributed by atoms with E-state index in [0.29, 0.717) is 0 Å². The maximum Gasteiger partial charge on any atom is 0.221 e. The number of carbonyl (C=O) groups excluding carboxylic acids is 4. The molecular weight excluding hydrogens is 608 g/mol. The molecule has 3 aliphatic rings. The molecule has 0 aromatic heterocycles. The van der Waals surface area contributed by atoms with Crippen molar-refractivity contribution in [2.45, 2.75) is 69.4 Å². The molecule has 5 rings (SSSR count). The van der Waals surface area contributed by atoms with E-state index in [-0.39, 0.29) is 45.9 Å². The van der Waals surface area contributed by atoms with E-state index in [4.69, 9.17) is 25.7 Å². The van der Waals surface area contributed by atoms with Crippen molar-refractivity contribution in [2.24, 2.45) is 17.4 Å². The lowest BCUT2D eigenvalue weighted by Crippen LogP contribution is -2.53. The van der Waals surface area contributed by atoms with Crippen LogP contribution < -0.4 is 16.2 Å². The number of hydrogen-bond donors (Lipinski definition) is 6. The normalized spacial score (nSPS) is 28.1. The lowest BCUT2D eigenvalue weighted by molar-refractivity contribution is -0.247. The Bertz CT molecular complexity index is 1570. The number of benzene rings is 2. The van der Waals surface area contributed by atoms with Crippen LogP contribution in [0.5, 0.6) is 17.2 Å². The maximum atomic E-state index is 13.8. The molecule has 0 bridgehead atoms. The fraction of sp³-hybridized carbons (Fsp3) is 0.484. The Kier molecular flexibility index (Phi) is 9.01. The van der Waals surface area contributed by atoms with Gasteiger partial charge >= 0.3 is 0 Å². The molecule has 2 aromatic carbocycles. The van der Waals surface area contributed by atoms with Gasteiger partial charge in [0.25, 0.3) is 0 Å². The molecule has 13 nitrogen and oxygen atoms in total. The van der Waals surface area contributed by atoms with Crippen molar-refractivity contribution in [3.05, 3.63) is 51.6 Å². The number of phenols is 2. The molecule has 2 aliphatic carbocycles. The lowest BCUT2D eigenvalue weighted by Gasteiger charge is -2.42. The van der Waals surface area contributed by atoms with Crippen molar-refractivity contribution in [1.29, 1.82) is 0 Å². The van der Waals surface area contributed by atoms with E-state index in [2.05, 4.69) is 0 Å². The second-order valence-corrected chi connectivity index (χ2v) is 12.9. The first-order valence-electron chi connectivity index (χ1n) is 14.4. The van der Waals surface area contributed by atoms with E-state index >= 15 is 0 Å². The number of fused-ring (bicyclic) bond motifs is 3. The Balaban J connectivity index is 1.60. The molecule has 0 saturated carbocycles. The van der Waals surface area contributed by atoms with E-state index in [0.717, 1.165) is 11.8 Å². The number of aliphatic hydroxyl groups excluding tert-OH is 1. The quantitative estimate of drug-likeness (QED) is 0.178. The second kappa shape index (κ2) is 12.3. The second-order valence-electron chi connectivity index (χ2n) is 11.8. The van der Waals surface area contributed by atoms with Gasteiger partial charge in [-0.25, -0.2) is 0 Å². The number of primary amides is 1. The molecule has 1 heterocycles. The molecule has 14 heteroatoms. The number of aliphatic hydroxyl groups is 2. The summed E-state index contributed by atoms with van der Waals surface area (Å²) >= 11 is 1.09. The van der Waals surface area contributed by atoms with Crippen LogP contribution in [0, 0.1) is 5.92 Å². The minimum atomic E-state index is -2.15. The number of rotatable bonds is 9. The molecule has 2 aromatic rings. The zero-order valence-corrected chi connectivity index (χ0v) is 25.8. The predicted molar refractivity (Wildman–Crippen MR) is 160 cm³/mol. The molecule has 7 atom stereocenters. The molecule has 0 radical (unpaired) electrons. The van der Waals surface area contributed by atoms with Crippen molar-refractivity contribution < 1.29 is 53.8 Å². The summed E-state index contributed by atoms with van der Waals surface area (Å²) in [5.41, 5.74) is 7.95. The van der Waals surface area contributed by atoms with Gasteiger partial charge in [0.05, 0.1) is 47.9 Å². The number of ether oxygens (including phenoxy) is 3. The summed E-state index contributed by atoms with van der Waals surface area (Å²) in [6.07, 6.45) is -5.00. The van der Waals surface area contributed by atoms with Crippen molar-refractivity contribution in [1.82, 2.24) is 0 Å². The summed E-state index contributed by atoms with van der Waals surface area (Å²) in [4.78, 5) is 52.4. The average molecular weight is 645 g/mol. The number of Topliss-reactive ketones (excluding diaryl/α,β-unsaturated/α-hetero) is 1. The number of amides is 1. The van der Waals surface area contributed by atoms with Crippen molar-refractivity contribution in [2.75, 3.05) is 18.6 Å². The van der Waals surface area contributed by atoms with Gasteiger partial charge in [-0.15, -0.1) is 0 Å². The summed E-state index contributed by atoms with van der Waals surface area (Å²) in [6, 6.07) is 3.66. The lowest BCUT2D eigenvalue weighted by atomic mass is 9.72. The third kappa shape index (κ3) is 5.70.